The van der Waals surface area contributed by atoms with Crippen molar-refractivity contribution in [1.29, 1.82) is 0 Å². The fourth-order valence-corrected chi connectivity index (χ4v) is 0.387. The first-order valence-electron chi connectivity index (χ1n) is 2.35. The molecular formula is C5H14ClNO. The van der Waals surface area contributed by atoms with Gasteiger partial charge in [-0.2, -0.15) is 0 Å². The van der Waals surface area contributed by atoms with Gasteiger partial charge < -0.3 is 21.6 Å². The van der Waals surface area contributed by atoms with Gasteiger partial charge in [0.15, 0.2) is 6.73 Å². The summed E-state index contributed by atoms with van der Waals surface area (Å²) in [6, 6.07) is 0. The third kappa shape index (κ3) is 9.51. The third-order valence-electron chi connectivity index (χ3n) is 0.516. The molecule has 0 saturated carbocycles. The molecule has 0 N–H and O–H groups in total. The Balaban J connectivity index is 0. The normalized spacial score (nSPS) is 10.5. The zero-order valence-corrected chi connectivity index (χ0v) is 6.70. The summed E-state index contributed by atoms with van der Waals surface area (Å²) >= 11 is 0. The first-order valence-corrected chi connectivity index (χ1v) is 2.35. The van der Waals surface area contributed by atoms with Crippen molar-refractivity contribution in [3.8, 4) is 0 Å². The summed E-state index contributed by atoms with van der Waals surface area (Å²) in [5.41, 5.74) is 0. The topological polar surface area (TPSA) is 9.23 Å². The van der Waals surface area contributed by atoms with Gasteiger partial charge in [0.05, 0.1) is 21.1 Å². The fraction of sp³-hybridized carbons (Fsp3) is 1.00. The van der Waals surface area contributed by atoms with Gasteiger partial charge in [0.25, 0.3) is 0 Å². The lowest BCUT2D eigenvalue weighted by Gasteiger charge is -2.21. The quantitative estimate of drug-likeness (QED) is 0.299. The number of nitrogens with zero attached hydrogens (tertiary/aromatic N) is 1. The molecular weight excluding hydrogens is 126 g/mol. The molecule has 0 radical (unpaired) electrons. The molecule has 52 valence electrons. The van der Waals surface area contributed by atoms with Crippen LogP contribution in [0.15, 0.2) is 0 Å². The van der Waals surface area contributed by atoms with E-state index in [0.29, 0.717) is 0 Å². The van der Waals surface area contributed by atoms with E-state index in [1.54, 1.807) is 7.11 Å². The van der Waals surface area contributed by atoms with Crippen LogP contribution >= 0.6 is 0 Å². The lowest BCUT2D eigenvalue weighted by atomic mass is 10.7. The number of methoxy groups -OCH3 is 1. The average Bonchev–Trinajstić information content (AvgIpc) is 1.30. The van der Waals surface area contributed by atoms with Gasteiger partial charge in [0.1, 0.15) is 0 Å². The molecule has 0 rings (SSSR count). The van der Waals surface area contributed by atoms with Crippen LogP contribution in [0.3, 0.4) is 0 Å². The zero-order valence-electron chi connectivity index (χ0n) is 5.94. The SMILES string of the molecule is COC[N+](C)(C)C.[Cl-]. The Kier molecular flexibility index (Phi) is 5.71. The molecule has 0 aromatic rings. The molecule has 0 aromatic carbocycles. The Hall–Kier alpha value is 0.210. The van der Waals surface area contributed by atoms with Crippen molar-refractivity contribution in [3.05, 3.63) is 0 Å². The molecule has 2 nitrogen and oxygen atoms in total. The highest BCUT2D eigenvalue weighted by Crippen LogP contribution is 1.86. The lowest BCUT2D eigenvalue weighted by Crippen LogP contribution is -3.00. The molecule has 0 aliphatic heterocycles. The summed E-state index contributed by atoms with van der Waals surface area (Å²) < 4.78 is 5.75. The Morgan fingerprint density at radius 1 is 1.25 bits per heavy atom. The number of quaternary nitrogens is 1. The summed E-state index contributed by atoms with van der Waals surface area (Å²) in [7, 11) is 7.97. The minimum Gasteiger partial charge on any atom is -1.00 e. The average molecular weight is 140 g/mol. The van der Waals surface area contributed by atoms with Gasteiger partial charge in [-0.25, -0.2) is 0 Å². The highest BCUT2D eigenvalue weighted by atomic mass is 35.5. The van der Waals surface area contributed by atoms with Crippen LogP contribution in [0, 0.1) is 0 Å². The zero-order chi connectivity index (χ0) is 5.91. The monoisotopic (exact) mass is 139 g/mol. The van der Waals surface area contributed by atoms with E-state index in [1.165, 1.54) is 0 Å². The second kappa shape index (κ2) is 4.13. The van der Waals surface area contributed by atoms with Crippen molar-refractivity contribution in [2.75, 3.05) is 35.0 Å². The molecule has 0 heterocycles. The van der Waals surface area contributed by atoms with Crippen molar-refractivity contribution < 1.29 is 21.6 Å². The van der Waals surface area contributed by atoms with Crippen LogP contribution in [0.2, 0.25) is 0 Å². The van der Waals surface area contributed by atoms with E-state index in [4.69, 9.17) is 4.74 Å². The van der Waals surface area contributed by atoms with Gasteiger partial charge in [-0.05, 0) is 0 Å². The van der Waals surface area contributed by atoms with Crippen molar-refractivity contribution in [2.45, 2.75) is 0 Å². The molecule has 0 unspecified atom stereocenters. The molecule has 0 bridgehead atoms. The first-order chi connectivity index (χ1) is 3.06. The Labute approximate surface area is 57.4 Å². The highest BCUT2D eigenvalue weighted by molar-refractivity contribution is 4.00. The molecule has 0 fully saturated rings. The summed E-state index contributed by atoms with van der Waals surface area (Å²) in [4.78, 5) is 0. The largest absolute Gasteiger partial charge is 1.00 e. The maximum Gasteiger partial charge on any atom is 0.182 e. The van der Waals surface area contributed by atoms with Gasteiger partial charge in [0, 0.05) is 7.11 Å². The summed E-state index contributed by atoms with van der Waals surface area (Å²) in [5.74, 6) is 0. The van der Waals surface area contributed by atoms with E-state index >= 15 is 0 Å². The van der Waals surface area contributed by atoms with Crippen LogP contribution < -0.4 is 12.4 Å². The fourth-order valence-electron chi connectivity index (χ4n) is 0.387. The Morgan fingerprint density at radius 2 is 1.62 bits per heavy atom. The van der Waals surface area contributed by atoms with E-state index < -0.39 is 0 Å². The molecule has 0 spiro atoms. The molecule has 0 aliphatic carbocycles. The molecule has 0 aliphatic rings. The summed E-state index contributed by atoms with van der Waals surface area (Å²) in [6.45, 7) is 0.778. The van der Waals surface area contributed by atoms with Crippen LogP contribution in [-0.4, -0.2) is 39.5 Å². The van der Waals surface area contributed by atoms with Crippen molar-refractivity contribution in [2.24, 2.45) is 0 Å². The maximum atomic E-state index is 4.88. The molecule has 0 aromatic heterocycles. The third-order valence-corrected chi connectivity index (χ3v) is 0.516. The number of hydrogen-bond acceptors (Lipinski definition) is 1. The number of ether oxygens (including phenoxy) is 1. The first kappa shape index (κ1) is 11.1. The molecule has 3 heteroatoms. The van der Waals surface area contributed by atoms with Crippen LogP contribution in [0.5, 0.6) is 0 Å². The Morgan fingerprint density at radius 3 is 1.62 bits per heavy atom. The Bertz CT molecular complexity index is 50.9. The van der Waals surface area contributed by atoms with Crippen molar-refractivity contribution >= 4 is 0 Å². The van der Waals surface area contributed by atoms with Crippen molar-refractivity contribution in [1.82, 2.24) is 0 Å². The molecule has 0 saturated heterocycles. The van der Waals surface area contributed by atoms with Crippen LogP contribution in [0.4, 0.5) is 0 Å². The maximum absolute atomic E-state index is 4.88. The second-order valence-corrected chi connectivity index (χ2v) is 2.71. The van der Waals surface area contributed by atoms with Crippen LogP contribution in [0.1, 0.15) is 0 Å². The predicted molar refractivity (Wildman–Crippen MR) is 29.9 cm³/mol. The highest BCUT2D eigenvalue weighted by Gasteiger charge is 2.02. The van der Waals surface area contributed by atoms with Crippen LogP contribution in [-0.2, 0) is 4.74 Å². The number of hydrogen-bond donors (Lipinski definition) is 0. The van der Waals surface area contributed by atoms with Gasteiger partial charge >= 0.3 is 0 Å². The van der Waals surface area contributed by atoms with E-state index in [0.717, 1.165) is 11.2 Å². The molecule has 0 atom stereocenters. The smallest absolute Gasteiger partial charge is 0.182 e. The number of halogens is 1. The van der Waals surface area contributed by atoms with E-state index in [1.807, 2.05) is 0 Å². The van der Waals surface area contributed by atoms with Crippen LogP contribution in [0.25, 0.3) is 0 Å². The standard InChI is InChI=1S/C5H14NO.ClH/c1-6(2,3)5-7-4;/h5H2,1-4H3;1H/q+1;/p-1. The van der Waals surface area contributed by atoms with Gasteiger partial charge in [-0.1, -0.05) is 0 Å². The predicted octanol–water partition coefficient (Wildman–Crippen LogP) is -2.70. The minimum atomic E-state index is 0. The molecule has 8 heavy (non-hydrogen) atoms. The van der Waals surface area contributed by atoms with Crippen molar-refractivity contribution in [3.63, 3.8) is 0 Å². The lowest BCUT2D eigenvalue weighted by molar-refractivity contribution is -0.890. The summed E-state index contributed by atoms with van der Waals surface area (Å²) in [5, 5.41) is 0. The number of rotatable bonds is 2. The van der Waals surface area contributed by atoms with Gasteiger partial charge in [-0.15, -0.1) is 0 Å². The van der Waals surface area contributed by atoms with Gasteiger partial charge in [-0.3, -0.25) is 0 Å². The van der Waals surface area contributed by atoms with Gasteiger partial charge in [0.2, 0.25) is 0 Å². The molecule has 0 amide bonds. The summed E-state index contributed by atoms with van der Waals surface area (Å²) in [6.07, 6.45) is 0. The van der Waals surface area contributed by atoms with E-state index in [9.17, 15) is 0 Å². The van der Waals surface area contributed by atoms with E-state index in [2.05, 4.69) is 21.1 Å². The second-order valence-electron chi connectivity index (χ2n) is 2.71. The minimum absolute atomic E-state index is 0. The van der Waals surface area contributed by atoms with E-state index in [-0.39, 0.29) is 12.4 Å².